The number of hydrogen-bond acceptors (Lipinski definition) is 1. The maximum Gasteiger partial charge on any atom is 0.0991 e. The van der Waals surface area contributed by atoms with Crippen molar-refractivity contribution in [1.29, 1.82) is 5.26 Å². The topological polar surface area (TPSA) is 23.8 Å². The molecule has 0 saturated carbocycles. The van der Waals surface area contributed by atoms with Gasteiger partial charge in [0.25, 0.3) is 0 Å². The van der Waals surface area contributed by atoms with Gasteiger partial charge in [0.15, 0.2) is 0 Å². The second kappa shape index (κ2) is 4.84. The van der Waals surface area contributed by atoms with E-state index in [0.29, 0.717) is 5.56 Å². The zero-order valence-electron chi connectivity index (χ0n) is 10.2. The van der Waals surface area contributed by atoms with Crippen molar-refractivity contribution in [3.63, 3.8) is 0 Å². The Labute approximate surface area is 102 Å². The van der Waals surface area contributed by atoms with E-state index in [4.69, 9.17) is 5.26 Å². The fourth-order valence-electron chi connectivity index (χ4n) is 2.17. The minimum absolute atomic E-state index is 0.708. The molecule has 0 fully saturated rings. The van der Waals surface area contributed by atoms with Crippen LogP contribution >= 0.6 is 0 Å². The molecular weight excluding hydrogens is 206 g/mol. The van der Waals surface area contributed by atoms with E-state index in [0.717, 1.165) is 6.42 Å². The quantitative estimate of drug-likeness (QED) is 0.749. The summed E-state index contributed by atoms with van der Waals surface area (Å²) in [5.41, 5.74) is 5.88. The van der Waals surface area contributed by atoms with E-state index in [-0.39, 0.29) is 0 Å². The van der Waals surface area contributed by atoms with Gasteiger partial charge in [-0.25, -0.2) is 0 Å². The number of hydrogen-bond donors (Lipinski definition) is 0. The summed E-state index contributed by atoms with van der Waals surface area (Å²) in [4.78, 5) is 0. The Morgan fingerprint density at radius 3 is 2.35 bits per heavy atom. The molecule has 2 aromatic rings. The van der Waals surface area contributed by atoms with Crippen molar-refractivity contribution in [2.45, 2.75) is 20.3 Å². The lowest BCUT2D eigenvalue weighted by Crippen LogP contribution is -1.91. The molecule has 0 N–H and O–H groups in total. The van der Waals surface area contributed by atoms with Crippen molar-refractivity contribution < 1.29 is 0 Å². The van der Waals surface area contributed by atoms with Crippen molar-refractivity contribution in [1.82, 2.24) is 0 Å². The van der Waals surface area contributed by atoms with E-state index >= 15 is 0 Å². The summed E-state index contributed by atoms with van der Waals surface area (Å²) < 4.78 is 0. The second-order valence-electron chi connectivity index (χ2n) is 4.14. The Kier molecular flexibility index (Phi) is 3.25. The van der Waals surface area contributed by atoms with Gasteiger partial charge in [-0.2, -0.15) is 5.26 Å². The summed E-state index contributed by atoms with van der Waals surface area (Å²) in [6, 6.07) is 16.3. The highest BCUT2D eigenvalue weighted by molar-refractivity contribution is 5.69. The molecule has 1 heteroatoms. The van der Waals surface area contributed by atoms with Gasteiger partial charge in [0.2, 0.25) is 0 Å². The first-order chi connectivity index (χ1) is 8.26. The van der Waals surface area contributed by atoms with E-state index in [1.165, 1.54) is 22.3 Å². The molecule has 17 heavy (non-hydrogen) atoms. The Morgan fingerprint density at radius 1 is 1.06 bits per heavy atom. The summed E-state index contributed by atoms with van der Waals surface area (Å²) in [6.07, 6.45) is 1.03. The first-order valence-electron chi connectivity index (χ1n) is 5.85. The lowest BCUT2D eigenvalue weighted by Gasteiger charge is -2.11. The van der Waals surface area contributed by atoms with Crippen molar-refractivity contribution in [3.05, 3.63) is 59.2 Å². The number of rotatable bonds is 2. The standard InChI is InChI=1S/C16H15N/c1-3-15-12(2)5-4-6-16(15)14-9-7-13(11-17)8-10-14/h4-10H,3H2,1-2H3. The van der Waals surface area contributed by atoms with Gasteiger partial charge in [-0.1, -0.05) is 37.3 Å². The number of benzene rings is 2. The zero-order chi connectivity index (χ0) is 12.3. The zero-order valence-corrected chi connectivity index (χ0v) is 10.2. The first-order valence-corrected chi connectivity index (χ1v) is 5.85. The van der Waals surface area contributed by atoms with Crippen molar-refractivity contribution in [2.75, 3.05) is 0 Å². The molecule has 1 nitrogen and oxygen atoms in total. The third-order valence-corrected chi connectivity index (χ3v) is 3.09. The van der Waals surface area contributed by atoms with Crippen LogP contribution in [0.5, 0.6) is 0 Å². The van der Waals surface area contributed by atoms with Gasteiger partial charge in [-0.05, 0) is 47.7 Å². The first kappa shape index (κ1) is 11.4. The normalized spacial score (nSPS) is 9.94. The predicted molar refractivity (Wildman–Crippen MR) is 70.7 cm³/mol. The summed E-state index contributed by atoms with van der Waals surface area (Å²) in [5.74, 6) is 0. The summed E-state index contributed by atoms with van der Waals surface area (Å²) in [7, 11) is 0. The summed E-state index contributed by atoms with van der Waals surface area (Å²) in [6.45, 7) is 4.32. The number of nitriles is 1. The van der Waals surface area contributed by atoms with E-state index < -0.39 is 0 Å². The van der Waals surface area contributed by atoms with Crippen molar-refractivity contribution in [3.8, 4) is 17.2 Å². The van der Waals surface area contributed by atoms with Crippen LogP contribution in [-0.4, -0.2) is 0 Å². The summed E-state index contributed by atoms with van der Waals surface area (Å²) >= 11 is 0. The van der Waals surface area contributed by atoms with Gasteiger partial charge in [-0.3, -0.25) is 0 Å². The van der Waals surface area contributed by atoms with Crippen molar-refractivity contribution >= 4 is 0 Å². The Bertz CT molecular complexity index is 559. The van der Waals surface area contributed by atoms with Gasteiger partial charge >= 0.3 is 0 Å². The van der Waals surface area contributed by atoms with Crippen LogP contribution in [0.15, 0.2) is 42.5 Å². The van der Waals surface area contributed by atoms with Crippen molar-refractivity contribution in [2.24, 2.45) is 0 Å². The highest BCUT2D eigenvalue weighted by Gasteiger charge is 2.05. The molecule has 0 aromatic heterocycles. The largest absolute Gasteiger partial charge is 0.192 e. The van der Waals surface area contributed by atoms with Gasteiger partial charge < -0.3 is 0 Å². The van der Waals surface area contributed by atoms with Crippen LogP contribution in [0.1, 0.15) is 23.6 Å². The minimum atomic E-state index is 0.708. The molecule has 2 aromatic carbocycles. The fourth-order valence-corrected chi connectivity index (χ4v) is 2.17. The van der Waals surface area contributed by atoms with Crippen LogP contribution in [0.2, 0.25) is 0 Å². The molecular formula is C16H15N. The van der Waals surface area contributed by atoms with Crippen LogP contribution < -0.4 is 0 Å². The van der Waals surface area contributed by atoms with Crippen LogP contribution in [-0.2, 0) is 6.42 Å². The maximum atomic E-state index is 8.79. The SMILES string of the molecule is CCc1c(C)cccc1-c1ccc(C#N)cc1. The molecule has 0 aliphatic rings. The third kappa shape index (κ3) is 2.21. The highest BCUT2D eigenvalue weighted by Crippen LogP contribution is 2.26. The monoisotopic (exact) mass is 221 g/mol. The fraction of sp³-hybridized carbons (Fsp3) is 0.188. The third-order valence-electron chi connectivity index (χ3n) is 3.09. The molecule has 84 valence electrons. The Hall–Kier alpha value is -2.07. The minimum Gasteiger partial charge on any atom is -0.192 e. The molecule has 0 aliphatic heterocycles. The molecule has 0 amide bonds. The number of aryl methyl sites for hydroxylation is 1. The van der Waals surface area contributed by atoms with Gasteiger partial charge in [0.1, 0.15) is 0 Å². The van der Waals surface area contributed by atoms with Crippen LogP contribution in [0, 0.1) is 18.3 Å². The van der Waals surface area contributed by atoms with Crippen LogP contribution in [0.4, 0.5) is 0 Å². The van der Waals surface area contributed by atoms with Crippen LogP contribution in [0.25, 0.3) is 11.1 Å². The second-order valence-corrected chi connectivity index (χ2v) is 4.14. The molecule has 0 bridgehead atoms. The predicted octanol–water partition coefficient (Wildman–Crippen LogP) is 4.10. The lowest BCUT2D eigenvalue weighted by molar-refractivity contribution is 1.11. The molecule has 0 aliphatic carbocycles. The maximum absolute atomic E-state index is 8.79. The Balaban J connectivity index is 2.53. The average molecular weight is 221 g/mol. The molecule has 0 unspecified atom stereocenters. The molecule has 0 radical (unpaired) electrons. The molecule has 0 saturated heterocycles. The summed E-state index contributed by atoms with van der Waals surface area (Å²) in [5, 5.41) is 8.79. The highest BCUT2D eigenvalue weighted by atomic mass is 14.2. The van der Waals surface area contributed by atoms with Gasteiger partial charge in [0.05, 0.1) is 11.6 Å². The van der Waals surface area contributed by atoms with E-state index in [1.54, 1.807) is 0 Å². The molecule has 0 heterocycles. The van der Waals surface area contributed by atoms with Gasteiger partial charge in [0, 0.05) is 0 Å². The smallest absolute Gasteiger partial charge is 0.0991 e. The van der Waals surface area contributed by atoms with Gasteiger partial charge in [-0.15, -0.1) is 0 Å². The van der Waals surface area contributed by atoms with Crippen LogP contribution in [0.3, 0.4) is 0 Å². The Morgan fingerprint density at radius 2 is 1.76 bits per heavy atom. The molecule has 0 spiro atoms. The average Bonchev–Trinajstić information content (AvgIpc) is 2.38. The van der Waals surface area contributed by atoms with E-state index in [2.05, 4.69) is 38.1 Å². The van der Waals surface area contributed by atoms with E-state index in [1.807, 2.05) is 24.3 Å². The lowest BCUT2D eigenvalue weighted by atomic mass is 9.94. The molecule has 2 rings (SSSR count). The van der Waals surface area contributed by atoms with E-state index in [9.17, 15) is 0 Å². The number of nitrogens with zero attached hydrogens (tertiary/aromatic N) is 1. The molecule has 0 atom stereocenters.